The van der Waals surface area contributed by atoms with Crippen molar-refractivity contribution in [3.8, 4) is 11.4 Å². The van der Waals surface area contributed by atoms with Crippen LogP contribution in [0.3, 0.4) is 0 Å². The molecule has 0 N–H and O–H groups in total. The Hall–Kier alpha value is -2.83. The summed E-state index contributed by atoms with van der Waals surface area (Å²) in [6.45, 7) is 8.56. The number of para-hydroxylation sites is 1. The zero-order chi connectivity index (χ0) is 20.6. The molecule has 1 amide bonds. The standard InChI is InChI=1S/C22H21ClN4OS/c1-3-14-26(19-8-6-5-7-9-19)20(28)16-29-22-25-24-21(27(22)15-4-2)17-10-12-18(23)13-11-17/h3-13H,1-2,14-16H2. The van der Waals surface area contributed by atoms with Crippen LogP contribution in [0.5, 0.6) is 0 Å². The molecule has 0 spiro atoms. The van der Waals surface area contributed by atoms with Crippen molar-refractivity contribution in [3.63, 3.8) is 0 Å². The van der Waals surface area contributed by atoms with E-state index in [1.165, 1.54) is 11.8 Å². The highest BCUT2D eigenvalue weighted by atomic mass is 35.5. The van der Waals surface area contributed by atoms with Gasteiger partial charge in [0.05, 0.1) is 5.75 Å². The number of halogens is 1. The highest BCUT2D eigenvalue weighted by molar-refractivity contribution is 7.99. The third-order valence-corrected chi connectivity index (χ3v) is 5.34. The van der Waals surface area contributed by atoms with Gasteiger partial charge in [0.15, 0.2) is 11.0 Å². The molecule has 29 heavy (non-hydrogen) atoms. The predicted octanol–water partition coefficient (Wildman–Crippen LogP) is 5.10. The van der Waals surface area contributed by atoms with E-state index in [0.29, 0.717) is 29.1 Å². The molecule has 7 heteroatoms. The molecule has 3 rings (SSSR count). The first-order chi connectivity index (χ1) is 14.1. The van der Waals surface area contributed by atoms with E-state index in [-0.39, 0.29) is 11.7 Å². The number of allylic oxidation sites excluding steroid dienone is 1. The van der Waals surface area contributed by atoms with Crippen molar-refractivity contribution in [2.24, 2.45) is 0 Å². The summed E-state index contributed by atoms with van der Waals surface area (Å²) in [5.74, 6) is 0.920. The summed E-state index contributed by atoms with van der Waals surface area (Å²) in [6.07, 6.45) is 3.50. The van der Waals surface area contributed by atoms with Gasteiger partial charge in [-0.05, 0) is 36.4 Å². The van der Waals surface area contributed by atoms with E-state index in [1.807, 2.05) is 59.2 Å². The lowest BCUT2D eigenvalue weighted by Gasteiger charge is -2.21. The number of benzene rings is 2. The number of aromatic nitrogens is 3. The van der Waals surface area contributed by atoms with Crippen LogP contribution >= 0.6 is 23.4 Å². The number of rotatable bonds is 9. The van der Waals surface area contributed by atoms with Gasteiger partial charge < -0.3 is 4.90 Å². The number of nitrogens with zero attached hydrogens (tertiary/aromatic N) is 4. The molecule has 0 saturated carbocycles. The second kappa shape index (κ2) is 10.1. The molecule has 1 heterocycles. The summed E-state index contributed by atoms with van der Waals surface area (Å²) < 4.78 is 1.94. The summed E-state index contributed by atoms with van der Waals surface area (Å²) in [6, 6.07) is 17.0. The number of anilines is 1. The van der Waals surface area contributed by atoms with Crippen LogP contribution in [-0.4, -0.2) is 33.0 Å². The molecule has 0 aliphatic carbocycles. The fourth-order valence-electron chi connectivity index (χ4n) is 2.79. The van der Waals surface area contributed by atoms with E-state index in [2.05, 4.69) is 23.4 Å². The molecule has 148 valence electrons. The average molecular weight is 425 g/mol. The van der Waals surface area contributed by atoms with Gasteiger partial charge in [-0.2, -0.15) is 0 Å². The molecule has 0 saturated heterocycles. The van der Waals surface area contributed by atoms with Crippen molar-refractivity contribution in [1.29, 1.82) is 0 Å². The van der Waals surface area contributed by atoms with Crippen LogP contribution in [0.15, 0.2) is 85.1 Å². The van der Waals surface area contributed by atoms with Crippen LogP contribution in [-0.2, 0) is 11.3 Å². The maximum Gasteiger partial charge on any atom is 0.237 e. The molecular formula is C22H21ClN4OS. The number of hydrogen-bond donors (Lipinski definition) is 0. The monoisotopic (exact) mass is 424 g/mol. The fraction of sp³-hybridized carbons (Fsp3) is 0.136. The molecular weight excluding hydrogens is 404 g/mol. The van der Waals surface area contributed by atoms with Gasteiger partial charge in [0.25, 0.3) is 0 Å². The van der Waals surface area contributed by atoms with Crippen LogP contribution in [0.25, 0.3) is 11.4 Å². The second-order valence-electron chi connectivity index (χ2n) is 6.13. The Bertz CT molecular complexity index is 986. The van der Waals surface area contributed by atoms with Crippen molar-refractivity contribution in [2.75, 3.05) is 17.2 Å². The highest BCUT2D eigenvalue weighted by Gasteiger charge is 2.18. The third kappa shape index (κ3) is 5.16. The lowest BCUT2D eigenvalue weighted by Crippen LogP contribution is -2.32. The van der Waals surface area contributed by atoms with E-state index in [1.54, 1.807) is 17.1 Å². The number of carbonyl (C=O) groups excluding carboxylic acids is 1. The topological polar surface area (TPSA) is 51.0 Å². The minimum Gasteiger partial charge on any atom is -0.308 e. The first-order valence-electron chi connectivity index (χ1n) is 9.03. The Labute approximate surface area is 179 Å². The van der Waals surface area contributed by atoms with Gasteiger partial charge in [0.2, 0.25) is 5.91 Å². The smallest absolute Gasteiger partial charge is 0.237 e. The Balaban J connectivity index is 1.79. The number of thioether (sulfide) groups is 1. The van der Waals surface area contributed by atoms with Crippen LogP contribution < -0.4 is 4.90 Å². The van der Waals surface area contributed by atoms with E-state index < -0.39 is 0 Å². The van der Waals surface area contributed by atoms with Crippen LogP contribution in [0.4, 0.5) is 5.69 Å². The van der Waals surface area contributed by atoms with E-state index >= 15 is 0 Å². The van der Waals surface area contributed by atoms with E-state index in [0.717, 1.165) is 11.3 Å². The molecule has 0 aliphatic rings. The van der Waals surface area contributed by atoms with Gasteiger partial charge in [-0.3, -0.25) is 9.36 Å². The predicted molar refractivity (Wildman–Crippen MR) is 120 cm³/mol. The largest absolute Gasteiger partial charge is 0.308 e. The molecule has 0 aliphatic heterocycles. The van der Waals surface area contributed by atoms with Crippen molar-refractivity contribution < 1.29 is 4.79 Å². The van der Waals surface area contributed by atoms with Crippen LogP contribution in [0.1, 0.15) is 0 Å². The maximum atomic E-state index is 12.9. The van der Waals surface area contributed by atoms with Crippen LogP contribution in [0.2, 0.25) is 5.02 Å². The molecule has 5 nitrogen and oxygen atoms in total. The van der Waals surface area contributed by atoms with Crippen molar-refractivity contribution in [1.82, 2.24) is 14.8 Å². The van der Waals surface area contributed by atoms with Gasteiger partial charge in [0.1, 0.15) is 0 Å². The number of carbonyl (C=O) groups is 1. The van der Waals surface area contributed by atoms with Gasteiger partial charge in [-0.1, -0.05) is 53.7 Å². The highest BCUT2D eigenvalue weighted by Crippen LogP contribution is 2.26. The molecule has 3 aromatic rings. The lowest BCUT2D eigenvalue weighted by atomic mass is 10.2. The average Bonchev–Trinajstić information content (AvgIpc) is 3.14. The Morgan fingerprint density at radius 3 is 2.45 bits per heavy atom. The fourth-order valence-corrected chi connectivity index (χ4v) is 3.74. The lowest BCUT2D eigenvalue weighted by molar-refractivity contribution is -0.116. The van der Waals surface area contributed by atoms with Crippen LogP contribution in [0, 0.1) is 0 Å². The van der Waals surface area contributed by atoms with Crippen molar-refractivity contribution in [2.45, 2.75) is 11.7 Å². The van der Waals surface area contributed by atoms with E-state index in [9.17, 15) is 4.79 Å². The van der Waals surface area contributed by atoms with Gasteiger partial charge in [-0.15, -0.1) is 23.4 Å². The summed E-state index contributed by atoms with van der Waals surface area (Å²) in [7, 11) is 0. The Morgan fingerprint density at radius 1 is 1.07 bits per heavy atom. The van der Waals surface area contributed by atoms with Crippen molar-refractivity contribution >= 4 is 35.0 Å². The summed E-state index contributed by atoms with van der Waals surface area (Å²) in [5, 5.41) is 9.92. The minimum absolute atomic E-state index is 0.0257. The molecule has 0 atom stereocenters. The molecule has 1 aromatic heterocycles. The first-order valence-corrected chi connectivity index (χ1v) is 10.4. The Kier molecular flexibility index (Phi) is 7.27. The zero-order valence-corrected chi connectivity index (χ0v) is 17.4. The van der Waals surface area contributed by atoms with Gasteiger partial charge in [0, 0.05) is 29.4 Å². The zero-order valence-electron chi connectivity index (χ0n) is 15.9. The van der Waals surface area contributed by atoms with Gasteiger partial charge in [-0.25, -0.2) is 0 Å². The molecule has 0 bridgehead atoms. The summed E-state index contributed by atoms with van der Waals surface area (Å²) >= 11 is 7.34. The minimum atomic E-state index is -0.0257. The normalized spacial score (nSPS) is 10.5. The third-order valence-electron chi connectivity index (χ3n) is 4.14. The van der Waals surface area contributed by atoms with E-state index in [4.69, 9.17) is 11.6 Å². The number of amides is 1. The second-order valence-corrected chi connectivity index (χ2v) is 7.51. The molecule has 2 aromatic carbocycles. The SMILES string of the molecule is C=CCN(C(=O)CSc1nnc(-c2ccc(Cl)cc2)n1CC=C)c1ccccc1. The molecule has 0 radical (unpaired) electrons. The summed E-state index contributed by atoms with van der Waals surface area (Å²) in [5.41, 5.74) is 1.74. The Morgan fingerprint density at radius 2 is 1.79 bits per heavy atom. The quantitative estimate of drug-likeness (QED) is 0.354. The molecule has 0 fully saturated rings. The maximum absolute atomic E-state index is 12.9. The summed E-state index contributed by atoms with van der Waals surface area (Å²) in [4.78, 5) is 14.6. The molecule has 0 unspecified atom stereocenters. The number of hydrogen-bond acceptors (Lipinski definition) is 4. The first kappa shape index (κ1) is 20.9. The van der Waals surface area contributed by atoms with Crippen molar-refractivity contribution in [3.05, 3.63) is 84.9 Å². The van der Waals surface area contributed by atoms with Gasteiger partial charge >= 0.3 is 0 Å².